The Morgan fingerprint density at radius 2 is 1.62 bits per heavy atom. The maximum absolute atomic E-state index is 12.6. The molecule has 3 atom stereocenters. The maximum Gasteiger partial charge on any atom is 0.183 e. The number of nitrogens with two attached hydrogens (primary N) is 1. The van der Waals surface area contributed by atoms with Crippen molar-refractivity contribution in [3.8, 4) is 0 Å². The van der Waals surface area contributed by atoms with E-state index in [9.17, 15) is 8.42 Å². The van der Waals surface area contributed by atoms with Gasteiger partial charge in [0.25, 0.3) is 0 Å². The minimum atomic E-state index is -3.35. The van der Waals surface area contributed by atoms with E-state index in [2.05, 4.69) is 6.92 Å². The van der Waals surface area contributed by atoms with E-state index in [1.165, 1.54) is 5.56 Å². The second-order valence-electron chi connectivity index (χ2n) is 5.52. The zero-order valence-electron chi connectivity index (χ0n) is 11.9. The van der Waals surface area contributed by atoms with Gasteiger partial charge in [-0.15, -0.1) is 0 Å². The molecule has 0 aliphatic heterocycles. The van der Waals surface area contributed by atoms with Crippen LogP contribution in [0.3, 0.4) is 0 Å². The number of sulfone groups is 1. The monoisotopic (exact) mass is 301 g/mol. The molecule has 0 saturated heterocycles. The van der Waals surface area contributed by atoms with Gasteiger partial charge < -0.3 is 5.73 Å². The standard InChI is InChI=1S/C17H19NO2S/c1-2-12-8-10-13(11-9-12)15-16(18)17(15)21(19,20)14-6-4-3-5-7-14/h3-11,15-17H,2,18H2,1H3/t15-,16+,17+/m0/s1. The smallest absolute Gasteiger partial charge is 0.183 e. The van der Waals surface area contributed by atoms with Gasteiger partial charge in [0.1, 0.15) is 0 Å². The first kappa shape index (κ1) is 14.3. The van der Waals surface area contributed by atoms with Crippen LogP contribution in [0.1, 0.15) is 24.0 Å². The van der Waals surface area contributed by atoms with Crippen LogP contribution in [0.5, 0.6) is 0 Å². The Morgan fingerprint density at radius 1 is 1.00 bits per heavy atom. The Labute approximate surface area is 125 Å². The molecule has 2 aromatic carbocycles. The van der Waals surface area contributed by atoms with Crippen LogP contribution in [0.25, 0.3) is 0 Å². The van der Waals surface area contributed by atoms with E-state index >= 15 is 0 Å². The van der Waals surface area contributed by atoms with Crippen LogP contribution in [0.4, 0.5) is 0 Å². The van der Waals surface area contributed by atoms with E-state index in [1.807, 2.05) is 30.3 Å². The number of benzene rings is 2. The molecular weight excluding hydrogens is 282 g/mol. The molecule has 3 nitrogen and oxygen atoms in total. The summed E-state index contributed by atoms with van der Waals surface area (Å²) in [6.07, 6.45) is 0.975. The average molecular weight is 301 g/mol. The van der Waals surface area contributed by atoms with Crippen molar-refractivity contribution in [2.24, 2.45) is 5.73 Å². The van der Waals surface area contributed by atoms with Crippen molar-refractivity contribution in [1.29, 1.82) is 0 Å². The molecule has 0 bridgehead atoms. The highest BCUT2D eigenvalue weighted by Crippen LogP contribution is 2.46. The molecule has 4 heteroatoms. The van der Waals surface area contributed by atoms with Crippen LogP contribution in [0, 0.1) is 0 Å². The molecule has 1 aliphatic rings. The largest absolute Gasteiger partial charge is 0.326 e. The van der Waals surface area contributed by atoms with E-state index in [0.29, 0.717) is 4.90 Å². The predicted octanol–water partition coefficient (Wildman–Crippen LogP) is 2.52. The molecule has 1 saturated carbocycles. The fourth-order valence-corrected chi connectivity index (χ4v) is 4.93. The van der Waals surface area contributed by atoms with Crippen molar-refractivity contribution in [3.63, 3.8) is 0 Å². The molecule has 21 heavy (non-hydrogen) atoms. The molecule has 0 unspecified atom stereocenters. The minimum Gasteiger partial charge on any atom is -0.326 e. The van der Waals surface area contributed by atoms with E-state index in [1.54, 1.807) is 24.3 Å². The summed E-state index contributed by atoms with van der Waals surface area (Å²) in [6.45, 7) is 2.10. The van der Waals surface area contributed by atoms with E-state index < -0.39 is 15.1 Å². The third kappa shape index (κ3) is 2.49. The van der Waals surface area contributed by atoms with Gasteiger partial charge in [-0.25, -0.2) is 8.42 Å². The summed E-state index contributed by atoms with van der Waals surface area (Å²) in [5, 5.41) is -0.507. The Balaban J connectivity index is 1.88. The van der Waals surface area contributed by atoms with Gasteiger partial charge >= 0.3 is 0 Å². The summed E-state index contributed by atoms with van der Waals surface area (Å²) in [6, 6.07) is 16.4. The highest BCUT2D eigenvalue weighted by Gasteiger charge is 2.56. The highest BCUT2D eigenvalue weighted by atomic mass is 32.2. The molecule has 0 heterocycles. The summed E-state index contributed by atoms with van der Waals surface area (Å²) in [4.78, 5) is 0.359. The third-order valence-corrected chi connectivity index (χ3v) is 6.46. The minimum absolute atomic E-state index is 0.0962. The van der Waals surface area contributed by atoms with Gasteiger partial charge in [0.05, 0.1) is 10.1 Å². The lowest BCUT2D eigenvalue weighted by molar-refractivity contribution is 0.593. The van der Waals surface area contributed by atoms with Gasteiger partial charge in [0.15, 0.2) is 9.84 Å². The summed E-state index contributed by atoms with van der Waals surface area (Å²) in [5.41, 5.74) is 8.32. The number of hydrogen-bond donors (Lipinski definition) is 1. The van der Waals surface area contributed by atoms with Gasteiger partial charge in [-0.05, 0) is 29.7 Å². The first-order chi connectivity index (χ1) is 10.1. The zero-order valence-corrected chi connectivity index (χ0v) is 12.8. The van der Waals surface area contributed by atoms with Crippen molar-refractivity contribution in [2.45, 2.75) is 35.4 Å². The van der Waals surface area contributed by atoms with Crippen LogP contribution >= 0.6 is 0 Å². The average Bonchev–Trinajstić information content (AvgIpc) is 3.20. The number of aryl methyl sites for hydroxylation is 1. The summed E-state index contributed by atoms with van der Waals surface area (Å²) in [7, 11) is -3.35. The Hall–Kier alpha value is -1.65. The van der Waals surface area contributed by atoms with Crippen LogP contribution in [-0.4, -0.2) is 19.7 Å². The Morgan fingerprint density at radius 3 is 2.19 bits per heavy atom. The lowest BCUT2D eigenvalue weighted by Gasteiger charge is -2.04. The van der Waals surface area contributed by atoms with E-state index in [0.717, 1.165) is 12.0 Å². The van der Waals surface area contributed by atoms with Gasteiger partial charge in [0, 0.05) is 12.0 Å². The van der Waals surface area contributed by atoms with Crippen LogP contribution in [-0.2, 0) is 16.3 Å². The normalized spacial score (nSPS) is 24.8. The van der Waals surface area contributed by atoms with Crippen molar-refractivity contribution < 1.29 is 8.42 Å². The molecule has 0 spiro atoms. The second kappa shape index (κ2) is 5.28. The van der Waals surface area contributed by atoms with E-state index in [4.69, 9.17) is 5.73 Å². The fourth-order valence-electron chi connectivity index (χ4n) is 2.86. The second-order valence-corrected chi connectivity index (χ2v) is 7.63. The van der Waals surface area contributed by atoms with Gasteiger partial charge in [-0.1, -0.05) is 49.4 Å². The topological polar surface area (TPSA) is 60.2 Å². The summed E-state index contributed by atoms with van der Waals surface area (Å²) >= 11 is 0. The van der Waals surface area contributed by atoms with Gasteiger partial charge in [-0.2, -0.15) is 0 Å². The number of rotatable bonds is 4. The molecule has 1 fully saturated rings. The molecule has 2 N–H and O–H groups in total. The Kier molecular flexibility index (Phi) is 3.59. The van der Waals surface area contributed by atoms with Crippen molar-refractivity contribution in [2.75, 3.05) is 0 Å². The number of hydrogen-bond acceptors (Lipinski definition) is 3. The lowest BCUT2D eigenvalue weighted by atomic mass is 10.1. The first-order valence-corrected chi connectivity index (χ1v) is 8.73. The summed E-state index contributed by atoms with van der Waals surface area (Å²) in [5.74, 6) is -0.0962. The van der Waals surface area contributed by atoms with Crippen LogP contribution in [0.2, 0.25) is 0 Å². The first-order valence-electron chi connectivity index (χ1n) is 7.19. The third-order valence-electron chi connectivity index (χ3n) is 4.21. The fraction of sp³-hybridized carbons (Fsp3) is 0.294. The summed E-state index contributed by atoms with van der Waals surface area (Å²) < 4.78 is 25.3. The lowest BCUT2D eigenvalue weighted by Crippen LogP contribution is -2.15. The molecule has 110 valence electrons. The molecule has 2 aromatic rings. The van der Waals surface area contributed by atoms with Gasteiger partial charge in [-0.3, -0.25) is 0 Å². The van der Waals surface area contributed by atoms with Gasteiger partial charge in [0.2, 0.25) is 0 Å². The van der Waals surface area contributed by atoms with Crippen molar-refractivity contribution in [3.05, 3.63) is 65.7 Å². The molecule has 3 rings (SSSR count). The molecule has 0 amide bonds. The molecular formula is C17H19NO2S. The molecule has 1 aliphatic carbocycles. The van der Waals surface area contributed by atoms with Crippen molar-refractivity contribution >= 4 is 9.84 Å². The predicted molar refractivity (Wildman–Crippen MR) is 84.0 cm³/mol. The van der Waals surface area contributed by atoms with Crippen molar-refractivity contribution in [1.82, 2.24) is 0 Å². The van der Waals surface area contributed by atoms with Crippen LogP contribution < -0.4 is 5.73 Å². The Bertz CT molecular complexity index is 723. The highest BCUT2D eigenvalue weighted by molar-refractivity contribution is 7.92. The molecule has 0 aromatic heterocycles. The van der Waals surface area contributed by atoms with Crippen LogP contribution in [0.15, 0.2) is 59.5 Å². The zero-order chi connectivity index (χ0) is 15.0. The SMILES string of the molecule is CCc1ccc([C@H]2[C@@H](N)[C@@H]2S(=O)(=O)c2ccccc2)cc1. The quantitative estimate of drug-likeness (QED) is 0.944. The molecule has 0 radical (unpaired) electrons. The maximum atomic E-state index is 12.6. The van der Waals surface area contributed by atoms with E-state index in [-0.39, 0.29) is 12.0 Å².